The summed E-state index contributed by atoms with van der Waals surface area (Å²) in [6.45, 7) is 2.14. The molecule has 0 saturated heterocycles. The van der Waals surface area contributed by atoms with E-state index in [0.717, 1.165) is 34.3 Å². The average molecular weight is 252 g/mol. The van der Waals surface area contributed by atoms with E-state index in [1.165, 1.54) is 5.56 Å². The lowest BCUT2D eigenvalue weighted by Gasteiger charge is -2.07. The molecule has 0 aliphatic carbocycles. The molecule has 0 amide bonds. The first kappa shape index (κ1) is 11.8. The van der Waals surface area contributed by atoms with Crippen LogP contribution in [0, 0.1) is 0 Å². The van der Waals surface area contributed by atoms with Gasteiger partial charge in [-0.05, 0) is 24.1 Å². The Balaban J connectivity index is 2.24. The van der Waals surface area contributed by atoms with Gasteiger partial charge >= 0.3 is 0 Å². The van der Waals surface area contributed by atoms with Crippen molar-refractivity contribution in [2.75, 3.05) is 7.11 Å². The van der Waals surface area contributed by atoms with Crippen LogP contribution in [0.15, 0.2) is 42.7 Å². The summed E-state index contributed by atoms with van der Waals surface area (Å²) in [6, 6.07) is 10.2. The molecule has 19 heavy (non-hydrogen) atoms. The van der Waals surface area contributed by atoms with Gasteiger partial charge < -0.3 is 9.72 Å². The Morgan fingerprint density at radius 1 is 1.21 bits per heavy atom. The smallest absolute Gasteiger partial charge is 0.137 e. The Bertz CT molecular complexity index is 716. The minimum absolute atomic E-state index is 0.880. The Hall–Kier alpha value is -2.29. The van der Waals surface area contributed by atoms with Crippen molar-refractivity contribution in [2.24, 2.45) is 0 Å². The molecule has 2 aromatic heterocycles. The lowest BCUT2D eigenvalue weighted by atomic mass is 10.0. The van der Waals surface area contributed by atoms with Gasteiger partial charge in [0.2, 0.25) is 0 Å². The Morgan fingerprint density at radius 3 is 2.84 bits per heavy atom. The fraction of sp³-hybridized carbons (Fsp3) is 0.188. The fourth-order valence-electron chi connectivity index (χ4n) is 2.33. The summed E-state index contributed by atoms with van der Waals surface area (Å²) in [5.74, 6) is 0.880. The van der Waals surface area contributed by atoms with Crippen molar-refractivity contribution in [3.63, 3.8) is 0 Å². The molecular weight excluding hydrogens is 236 g/mol. The number of nitrogens with zero attached hydrogens (tertiary/aromatic N) is 1. The van der Waals surface area contributed by atoms with E-state index >= 15 is 0 Å². The van der Waals surface area contributed by atoms with Crippen molar-refractivity contribution in [1.82, 2.24) is 9.97 Å². The zero-order valence-corrected chi connectivity index (χ0v) is 11.1. The highest BCUT2D eigenvalue weighted by molar-refractivity contribution is 5.95. The molecular formula is C16H16N2O. The standard InChI is InChI=1S/C16H16N2O/c1-3-11-8-13-14(10-18-16(13)17-9-11)12-6-4-5-7-15(12)19-2/h4-10H,3H2,1-2H3,(H,17,18). The van der Waals surface area contributed by atoms with Crippen LogP contribution >= 0.6 is 0 Å². The predicted molar refractivity (Wildman–Crippen MR) is 77.5 cm³/mol. The number of aromatic nitrogens is 2. The highest BCUT2D eigenvalue weighted by Crippen LogP contribution is 2.34. The highest BCUT2D eigenvalue weighted by atomic mass is 16.5. The number of hydrogen-bond acceptors (Lipinski definition) is 2. The minimum atomic E-state index is 0.880. The number of fused-ring (bicyclic) bond motifs is 1. The van der Waals surface area contributed by atoms with Crippen molar-refractivity contribution in [3.05, 3.63) is 48.3 Å². The molecule has 3 heteroatoms. The van der Waals surface area contributed by atoms with E-state index in [0.29, 0.717) is 0 Å². The summed E-state index contributed by atoms with van der Waals surface area (Å²) >= 11 is 0. The van der Waals surface area contributed by atoms with Crippen molar-refractivity contribution in [3.8, 4) is 16.9 Å². The van der Waals surface area contributed by atoms with Gasteiger partial charge in [0.15, 0.2) is 0 Å². The van der Waals surface area contributed by atoms with E-state index in [-0.39, 0.29) is 0 Å². The van der Waals surface area contributed by atoms with Crippen LogP contribution in [0.3, 0.4) is 0 Å². The predicted octanol–water partition coefficient (Wildman–Crippen LogP) is 3.80. The van der Waals surface area contributed by atoms with Crippen LogP contribution < -0.4 is 4.74 Å². The number of benzene rings is 1. The van der Waals surface area contributed by atoms with Gasteiger partial charge in [0, 0.05) is 28.9 Å². The number of para-hydroxylation sites is 1. The van der Waals surface area contributed by atoms with E-state index < -0.39 is 0 Å². The third-order valence-electron chi connectivity index (χ3n) is 3.39. The van der Waals surface area contributed by atoms with Gasteiger partial charge in [0.25, 0.3) is 0 Å². The van der Waals surface area contributed by atoms with E-state index in [1.54, 1.807) is 7.11 Å². The molecule has 0 aliphatic heterocycles. The first-order valence-electron chi connectivity index (χ1n) is 6.43. The summed E-state index contributed by atoms with van der Waals surface area (Å²) < 4.78 is 5.44. The Labute approximate surface area is 112 Å². The second-order valence-corrected chi connectivity index (χ2v) is 4.50. The van der Waals surface area contributed by atoms with Crippen LogP contribution in [0.25, 0.3) is 22.2 Å². The van der Waals surface area contributed by atoms with Crippen LogP contribution in [0.1, 0.15) is 12.5 Å². The normalized spacial score (nSPS) is 10.8. The van der Waals surface area contributed by atoms with E-state index in [2.05, 4.69) is 29.0 Å². The third kappa shape index (κ3) is 1.97. The molecule has 0 fully saturated rings. The summed E-state index contributed by atoms with van der Waals surface area (Å²) in [7, 11) is 1.70. The van der Waals surface area contributed by atoms with Crippen LogP contribution in [0.5, 0.6) is 5.75 Å². The van der Waals surface area contributed by atoms with Crippen LogP contribution in [-0.4, -0.2) is 17.1 Å². The van der Waals surface area contributed by atoms with Crippen molar-refractivity contribution >= 4 is 11.0 Å². The number of hydrogen-bond donors (Lipinski definition) is 1. The molecule has 3 aromatic rings. The molecule has 0 aliphatic rings. The first-order chi connectivity index (χ1) is 9.33. The Kier molecular flexibility index (Phi) is 2.95. The van der Waals surface area contributed by atoms with E-state index in [1.807, 2.05) is 30.6 Å². The second-order valence-electron chi connectivity index (χ2n) is 4.50. The van der Waals surface area contributed by atoms with Gasteiger partial charge in [-0.2, -0.15) is 0 Å². The van der Waals surface area contributed by atoms with Crippen LogP contribution in [-0.2, 0) is 6.42 Å². The fourth-order valence-corrected chi connectivity index (χ4v) is 2.33. The SMILES string of the molecule is CCc1cnc2[nH]cc(-c3ccccc3OC)c2c1. The van der Waals surface area contributed by atoms with E-state index in [4.69, 9.17) is 4.74 Å². The maximum atomic E-state index is 5.44. The van der Waals surface area contributed by atoms with Gasteiger partial charge in [-0.1, -0.05) is 25.1 Å². The minimum Gasteiger partial charge on any atom is -0.496 e. The summed E-state index contributed by atoms with van der Waals surface area (Å²) in [5.41, 5.74) is 4.38. The summed E-state index contributed by atoms with van der Waals surface area (Å²) in [5, 5.41) is 1.14. The molecule has 1 N–H and O–H groups in total. The summed E-state index contributed by atoms with van der Waals surface area (Å²) in [4.78, 5) is 7.68. The number of methoxy groups -OCH3 is 1. The number of rotatable bonds is 3. The van der Waals surface area contributed by atoms with Crippen LogP contribution in [0.2, 0.25) is 0 Å². The lowest BCUT2D eigenvalue weighted by Crippen LogP contribution is -1.87. The highest BCUT2D eigenvalue weighted by Gasteiger charge is 2.11. The molecule has 0 bridgehead atoms. The monoisotopic (exact) mass is 252 g/mol. The van der Waals surface area contributed by atoms with Crippen molar-refractivity contribution in [2.45, 2.75) is 13.3 Å². The zero-order valence-electron chi connectivity index (χ0n) is 11.1. The van der Waals surface area contributed by atoms with Gasteiger partial charge in [0.05, 0.1) is 7.11 Å². The second kappa shape index (κ2) is 4.76. The third-order valence-corrected chi connectivity index (χ3v) is 3.39. The number of nitrogens with one attached hydrogen (secondary N) is 1. The number of ether oxygens (including phenoxy) is 1. The number of aryl methyl sites for hydroxylation is 1. The van der Waals surface area contributed by atoms with Crippen LogP contribution in [0.4, 0.5) is 0 Å². The zero-order chi connectivity index (χ0) is 13.2. The van der Waals surface area contributed by atoms with E-state index in [9.17, 15) is 0 Å². The summed E-state index contributed by atoms with van der Waals surface area (Å²) in [6.07, 6.45) is 4.90. The van der Waals surface area contributed by atoms with Gasteiger partial charge in [-0.3, -0.25) is 0 Å². The quantitative estimate of drug-likeness (QED) is 0.770. The molecule has 2 heterocycles. The molecule has 1 aromatic carbocycles. The lowest BCUT2D eigenvalue weighted by molar-refractivity contribution is 0.416. The number of aromatic amines is 1. The Morgan fingerprint density at radius 2 is 2.05 bits per heavy atom. The molecule has 0 atom stereocenters. The maximum Gasteiger partial charge on any atom is 0.137 e. The molecule has 3 nitrogen and oxygen atoms in total. The van der Waals surface area contributed by atoms with Crippen molar-refractivity contribution < 1.29 is 4.74 Å². The molecule has 0 radical (unpaired) electrons. The van der Waals surface area contributed by atoms with Gasteiger partial charge in [-0.25, -0.2) is 4.98 Å². The topological polar surface area (TPSA) is 37.9 Å². The molecule has 3 rings (SSSR count). The van der Waals surface area contributed by atoms with Gasteiger partial charge in [-0.15, -0.1) is 0 Å². The largest absolute Gasteiger partial charge is 0.496 e. The maximum absolute atomic E-state index is 5.44. The van der Waals surface area contributed by atoms with Gasteiger partial charge in [0.1, 0.15) is 11.4 Å². The number of H-pyrrole nitrogens is 1. The molecule has 0 unspecified atom stereocenters. The number of pyridine rings is 1. The molecule has 0 spiro atoms. The average Bonchev–Trinajstić information content (AvgIpc) is 2.89. The first-order valence-corrected chi connectivity index (χ1v) is 6.43. The molecule has 0 saturated carbocycles. The van der Waals surface area contributed by atoms with Crippen molar-refractivity contribution in [1.29, 1.82) is 0 Å². The molecule has 96 valence electrons.